The van der Waals surface area contributed by atoms with Crippen LogP contribution in [0.4, 0.5) is 17.1 Å². The van der Waals surface area contributed by atoms with E-state index in [-0.39, 0.29) is 0 Å². The fourth-order valence-corrected chi connectivity index (χ4v) is 9.59. The Hall–Kier alpha value is -8.40. The predicted octanol–water partition coefficient (Wildman–Crippen LogP) is 16.4. The van der Waals surface area contributed by atoms with Gasteiger partial charge in [-0.3, -0.25) is 0 Å². The van der Waals surface area contributed by atoms with Gasteiger partial charge >= 0.3 is 0 Å². The topological polar surface area (TPSA) is 13.1 Å². The van der Waals surface area contributed by atoms with Gasteiger partial charge in [-0.25, -0.2) is 0 Å². The highest BCUT2D eigenvalue weighted by atomic mass is 15.2. The zero-order valence-corrected chi connectivity index (χ0v) is 34.5. The molecular formula is C60H41N3. The van der Waals surface area contributed by atoms with Gasteiger partial charge < -0.3 is 14.0 Å². The highest BCUT2D eigenvalue weighted by Gasteiger charge is 2.23. The summed E-state index contributed by atoms with van der Waals surface area (Å²) in [5, 5.41) is 4.84. The molecule has 3 heteroatoms. The van der Waals surface area contributed by atoms with Gasteiger partial charge in [0.15, 0.2) is 0 Å². The monoisotopic (exact) mass is 803 g/mol. The SMILES string of the molecule is c1ccc(-c2ccc(N(c3ccc4c5ccccc5n(-c5ccc(-c6ccccc6)cc5)c4c3)c3cccc4c3c3ccccc3n4-c3cccc(-c4ccccc4)c3)cc2)cc1. The Bertz CT molecular complexity index is 3580. The Balaban J connectivity index is 1.09. The molecule has 2 heterocycles. The van der Waals surface area contributed by atoms with Crippen molar-refractivity contribution in [2.45, 2.75) is 0 Å². The minimum atomic E-state index is 1.08. The largest absolute Gasteiger partial charge is 0.310 e. The van der Waals surface area contributed by atoms with Gasteiger partial charge in [-0.2, -0.15) is 0 Å². The van der Waals surface area contributed by atoms with Gasteiger partial charge in [-0.1, -0.05) is 176 Å². The molecular weight excluding hydrogens is 763 g/mol. The smallest absolute Gasteiger partial charge is 0.0562 e. The summed E-state index contributed by atoms with van der Waals surface area (Å²) in [7, 11) is 0. The van der Waals surface area contributed by atoms with Gasteiger partial charge in [0.25, 0.3) is 0 Å². The van der Waals surface area contributed by atoms with Gasteiger partial charge in [-0.05, 0) is 106 Å². The molecule has 296 valence electrons. The third-order valence-electron chi connectivity index (χ3n) is 12.5. The molecule has 0 saturated carbocycles. The lowest BCUT2D eigenvalue weighted by molar-refractivity contribution is 1.18. The lowest BCUT2D eigenvalue weighted by Gasteiger charge is -2.27. The minimum Gasteiger partial charge on any atom is -0.310 e. The van der Waals surface area contributed by atoms with Gasteiger partial charge in [0.05, 0.1) is 27.8 Å². The number of rotatable bonds is 8. The van der Waals surface area contributed by atoms with E-state index in [0.29, 0.717) is 0 Å². The molecule has 0 aliphatic rings. The van der Waals surface area contributed by atoms with E-state index in [4.69, 9.17) is 0 Å². The molecule has 0 unspecified atom stereocenters. The number of benzene rings is 10. The molecule has 10 aromatic carbocycles. The van der Waals surface area contributed by atoms with Gasteiger partial charge in [0.2, 0.25) is 0 Å². The summed E-state index contributed by atoms with van der Waals surface area (Å²) in [4.78, 5) is 2.45. The first kappa shape index (κ1) is 36.5. The molecule has 63 heavy (non-hydrogen) atoms. The molecule has 12 rings (SSSR count). The summed E-state index contributed by atoms with van der Waals surface area (Å²) in [6, 6.07) is 90.2. The molecule has 3 nitrogen and oxygen atoms in total. The van der Waals surface area contributed by atoms with Crippen molar-refractivity contribution in [3.8, 4) is 44.8 Å². The molecule has 0 bridgehead atoms. The van der Waals surface area contributed by atoms with Crippen molar-refractivity contribution in [1.29, 1.82) is 0 Å². The summed E-state index contributed by atoms with van der Waals surface area (Å²) in [5.41, 5.74) is 17.4. The first-order chi connectivity index (χ1) is 31.3. The number of nitrogens with zero attached hydrogens (tertiary/aromatic N) is 3. The van der Waals surface area contributed by atoms with E-state index in [0.717, 1.165) is 39.5 Å². The molecule has 0 aliphatic heterocycles. The molecule has 2 aromatic heterocycles. The van der Waals surface area contributed by atoms with Gasteiger partial charge in [0.1, 0.15) is 0 Å². The van der Waals surface area contributed by atoms with Crippen molar-refractivity contribution >= 4 is 60.7 Å². The molecule has 0 fully saturated rings. The van der Waals surface area contributed by atoms with Crippen molar-refractivity contribution in [3.05, 3.63) is 249 Å². The Kier molecular flexibility index (Phi) is 8.83. The van der Waals surface area contributed by atoms with Crippen molar-refractivity contribution in [1.82, 2.24) is 9.13 Å². The van der Waals surface area contributed by atoms with Crippen LogP contribution < -0.4 is 4.90 Å². The van der Waals surface area contributed by atoms with Crippen molar-refractivity contribution in [3.63, 3.8) is 0 Å². The molecule has 0 aliphatic carbocycles. The van der Waals surface area contributed by atoms with Gasteiger partial charge in [-0.15, -0.1) is 0 Å². The van der Waals surface area contributed by atoms with Crippen LogP contribution in [0.5, 0.6) is 0 Å². The van der Waals surface area contributed by atoms with Crippen LogP contribution in [0.3, 0.4) is 0 Å². The van der Waals surface area contributed by atoms with Crippen LogP contribution in [0.2, 0.25) is 0 Å². The number of para-hydroxylation sites is 2. The second-order valence-corrected chi connectivity index (χ2v) is 16.2. The van der Waals surface area contributed by atoms with E-state index in [9.17, 15) is 0 Å². The normalized spacial score (nSPS) is 11.5. The van der Waals surface area contributed by atoms with Crippen LogP contribution in [0.1, 0.15) is 0 Å². The number of hydrogen-bond donors (Lipinski definition) is 0. The maximum atomic E-state index is 2.45. The Morgan fingerprint density at radius 1 is 0.254 bits per heavy atom. The average Bonchev–Trinajstić information content (AvgIpc) is 3.88. The molecule has 0 radical (unpaired) electrons. The molecule has 0 N–H and O–H groups in total. The summed E-state index contributed by atoms with van der Waals surface area (Å²) in [6.45, 7) is 0. The average molecular weight is 804 g/mol. The van der Waals surface area contributed by atoms with Crippen LogP contribution in [0.25, 0.3) is 88.4 Å². The van der Waals surface area contributed by atoms with Crippen LogP contribution in [0.15, 0.2) is 249 Å². The van der Waals surface area contributed by atoms with Crippen molar-refractivity contribution in [2.24, 2.45) is 0 Å². The van der Waals surface area contributed by atoms with Crippen LogP contribution in [-0.4, -0.2) is 9.13 Å². The summed E-state index contributed by atoms with van der Waals surface area (Å²) >= 11 is 0. The number of aromatic nitrogens is 2. The number of hydrogen-bond acceptors (Lipinski definition) is 1. The van der Waals surface area contributed by atoms with E-state index in [2.05, 4.69) is 263 Å². The second-order valence-electron chi connectivity index (χ2n) is 16.2. The zero-order valence-electron chi connectivity index (χ0n) is 34.5. The highest BCUT2D eigenvalue weighted by Crippen LogP contribution is 2.46. The third kappa shape index (κ3) is 6.29. The minimum absolute atomic E-state index is 1.08. The molecule has 12 aromatic rings. The standard InChI is InChI=1S/C60H41N3/c1-4-16-42(17-5-1)45-30-34-48(35-31-45)61(51-38-39-53-52-24-10-12-26-55(52)62(59(53)41-51)49-36-32-46(33-37-49)43-18-6-2-7-19-43)57-28-15-29-58-60(57)54-25-11-13-27-56(54)63(58)50-23-14-22-47(40-50)44-20-8-3-9-21-44/h1-41H. The molecule has 0 atom stereocenters. The van der Waals surface area contributed by atoms with E-state index in [1.54, 1.807) is 0 Å². The Morgan fingerprint density at radius 2 is 0.714 bits per heavy atom. The van der Waals surface area contributed by atoms with Gasteiger partial charge in [0, 0.05) is 44.3 Å². The fraction of sp³-hybridized carbons (Fsp3) is 0. The molecule has 0 spiro atoms. The van der Waals surface area contributed by atoms with Crippen molar-refractivity contribution in [2.75, 3.05) is 4.90 Å². The quantitative estimate of drug-likeness (QED) is 0.149. The van der Waals surface area contributed by atoms with E-state index < -0.39 is 0 Å². The zero-order chi connectivity index (χ0) is 41.7. The highest BCUT2D eigenvalue weighted by molar-refractivity contribution is 6.17. The van der Waals surface area contributed by atoms with E-state index in [1.807, 2.05) is 0 Å². The number of anilines is 3. The maximum Gasteiger partial charge on any atom is 0.0562 e. The summed E-state index contributed by atoms with van der Waals surface area (Å²) in [5.74, 6) is 0. The Labute approximate surface area is 366 Å². The Morgan fingerprint density at radius 3 is 1.38 bits per heavy atom. The lowest BCUT2D eigenvalue weighted by Crippen LogP contribution is -2.10. The first-order valence-electron chi connectivity index (χ1n) is 21.6. The second kappa shape index (κ2) is 15.3. The molecule has 0 amide bonds. The molecule has 0 saturated heterocycles. The summed E-state index contributed by atoms with van der Waals surface area (Å²) < 4.78 is 4.85. The fourth-order valence-electron chi connectivity index (χ4n) is 9.59. The van der Waals surface area contributed by atoms with E-state index in [1.165, 1.54) is 66.0 Å². The van der Waals surface area contributed by atoms with E-state index >= 15 is 0 Å². The first-order valence-corrected chi connectivity index (χ1v) is 21.6. The summed E-state index contributed by atoms with van der Waals surface area (Å²) in [6.07, 6.45) is 0. The predicted molar refractivity (Wildman–Crippen MR) is 266 cm³/mol. The number of fused-ring (bicyclic) bond motifs is 6. The third-order valence-corrected chi connectivity index (χ3v) is 12.5. The van der Waals surface area contributed by atoms with Crippen LogP contribution in [-0.2, 0) is 0 Å². The van der Waals surface area contributed by atoms with Crippen molar-refractivity contribution < 1.29 is 0 Å². The lowest BCUT2D eigenvalue weighted by atomic mass is 10.0. The van der Waals surface area contributed by atoms with Crippen LogP contribution >= 0.6 is 0 Å². The van der Waals surface area contributed by atoms with Crippen LogP contribution in [0, 0.1) is 0 Å². The maximum absolute atomic E-state index is 2.45.